The van der Waals surface area contributed by atoms with Crippen LogP contribution in [0.25, 0.3) is 0 Å². The maximum absolute atomic E-state index is 11.5. The van der Waals surface area contributed by atoms with E-state index in [1.54, 1.807) is 0 Å². The zero-order valence-electron chi connectivity index (χ0n) is 10.4. The molecule has 0 aliphatic carbocycles. The molecule has 3 N–H and O–H groups in total. The number of carbonyl (C=O) groups is 2. The van der Waals surface area contributed by atoms with Crippen molar-refractivity contribution in [2.24, 2.45) is 0 Å². The SMILES string of the molecule is CNC(=O)NC(=O)C[NH+](C)Cc1ccccc1Cl. The smallest absolute Gasteiger partial charge is 0.321 e. The summed E-state index contributed by atoms with van der Waals surface area (Å²) in [6.07, 6.45) is 0. The zero-order valence-corrected chi connectivity index (χ0v) is 11.2. The number of halogens is 1. The predicted octanol–water partition coefficient (Wildman–Crippen LogP) is -0.190. The molecular formula is C12H17ClN3O2+. The molecule has 6 heteroatoms. The van der Waals surface area contributed by atoms with E-state index in [9.17, 15) is 9.59 Å². The van der Waals surface area contributed by atoms with Crippen molar-refractivity contribution in [3.05, 3.63) is 34.9 Å². The number of likely N-dealkylation sites (N-methyl/N-ethyl adjacent to an activating group) is 1. The van der Waals surface area contributed by atoms with E-state index >= 15 is 0 Å². The van der Waals surface area contributed by atoms with Crippen LogP contribution in [-0.2, 0) is 11.3 Å². The summed E-state index contributed by atoms with van der Waals surface area (Å²) in [6.45, 7) is 0.833. The Morgan fingerprint density at radius 3 is 2.61 bits per heavy atom. The number of amides is 3. The van der Waals surface area contributed by atoms with Crippen LogP contribution in [0.15, 0.2) is 24.3 Å². The second-order valence-electron chi connectivity index (χ2n) is 4.03. The predicted molar refractivity (Wildman–Crippen MR) is 69.5 cm³/mol. The first-order valence-corrected chi connectivity index (χ1v) is 5.97. The maximum Gasteiger partial charge on any atom is 0.321 e. The van der Waals surface area contributed by atoms with Gasteiger partial charge in [-0.25, -0.2) is 4.79 Å². The number of benzene rings is 1. The molecule has 1 unspecified atom stereocenters. The number of hydrogen-bond donors (Lipinski definition) is 3. The third-order valence-corrected chi connectivity index (χ3v) is 2.76. The molecule has 1 aromatic rings. The van der Waals surface area contributed by atoms with Crippen molar-refractivity contribution in [3.8, 4) is 0 Å². The van der Waals surface area contributed by atoms with Crippen LogP contribution in [0.5, 0.6) is 0 Å². The van der Waals surface area contributed by atoms with E-state index in [0.717, 1.165) is 10.5 Å². The van der Waals surface area contributed by atoms with Gasteiger partial charge in [-0.2, -0.15) is 0 Å². The van der Waals surface area contributed by atoms with Gasteiger partial charge < -0.3 is 10.2 Å². The topological polar surface area (TPSA) is 62.6 Å². The van der Waals surface area contributed by atoms with Crippen LogP contribution in [-0.4, -0.2) is 32.6 Å². The highest BCUT2D eigenvalue weighted by atomic mass is 35.5. The molecule has 5 nitrogen and oxygen atoms in total. The number of urea groups is 1. The van der Waals surface area contributed by atoms with Crippen molar-refractivity contribution in [3.63, 3.8) is 0 Å². The Bertz CT molecular complexity index is 437. The van der Waals surface area contributed by atoms with Gasteiger partial charge in [-0.3, -0.25) is 10.1 Å². The summed E-state index contributed by atoms with van der Waals surface area (Å²) in [7, 11) is 3.33. The molecular weight excluding hydrogens is 254 g/mol. The number of nitrogens with one attached hydrogen (secondary N) is 3. The minimum Gasteiger partial charge on any atom is -0.341 e. The lowest BCUT2D eigenvalue weighted by Gasteiger charge is -2.14. The summed E-state index contributed by atoms with van der Waals surface area (Å²) >= 11 is 6.03. The summed E-state index contributed by atoms with van der Waals surface area (Å²) in [6, 6.07) is 7.00. The van der Waals surface area contributed by atoms with Gasteiger partial charge in [-0.15, -0.1) is 0 Å². The molecule has 1 aromatic carbocycles. The Kier molecular flexibility index (Phi) is 5.61. The molecule has 0 aliphatic rings. The van der Waals surface area contributed by atoms with Gasteiger partial charge in [-0.05, 0) is 6.07 Å². The molecule has 0 spiro atoms. The van der Waals surface area contributed by atoms with Crippen LogP contribution in [0.2, 0.25) is 5.02 Å². The first-order valence-electron chi connectivity index (χ1n) is 5.59. The molecule has 0 radical (unpaired) electrons. The molecule has 1 atom stereocenters. The van der Waals surface area contributed by atoms with E-state index < -0.39 is 6.03 Å². The molecule has 0 fully saturated rings. The molecule has 0 saturated heterocycles. The van der Waals surface area contributed by atoms with Crippen LogP contribution in [0.1, 0.15) is 5.56 Å². The monoisotopic (exact) mass is 270 g/mol. The van der Waals surface area contributed by atoms with Gasteiger partial charge in [0.15, 0.2) is 6.54 Å². The lowest BCUT2D eigenvalue weighted by Crippen LogP contribution is -3.09. The second kappa shape index (κ2) is 6.98. The van der Waals surface area contributed by atoms with Gasteiger partial charge in [0.25, 0.3) is 5.91 Å². The highest BCUT2D eigenvalue weighted by Crippen LogP contribution is 2.13. The van der Waals surface area contributed by atoms with Crippen molar-refractivity contribution in [2.75, 3.05) is 20.6 Å². The van der Waals surface area contributed by atoms with Crippen LogP contribution in [0.3, 0.4) is 0 Å². The van der Waals surface area contributed by atoms with Crippen molar-refractivity contribution < 1.29 is 14.5 Å². The van der Waals surface area contributed by atoms with Crippen molar-refractivity contribution in [2.45, 2.75) is 6.54 Å². The third-order valence-electron chi connectivity index (χ3n) is 2.39. The highest BCUT2D eigenvalue weighted by molar-refractivity contribution is 6.31. The minimum atomic E-state index is -0.495. The average Bonchev–Trinajstić information content (AvgIpc) is 2.31. The summed E-state index contributed by atoms with van der Waals surface area (Å²) in [4.78, 5) is 23.4. The average molecular weight is 271 g/mol. The zero-order chi connectivity index (χ0) is 13.5. The fourth-order valence-corrected chi connectivity index (χ4v) is 1.74. The Balaban J connectivity index is 2.47. The fourth-order valence-electron chi connectivity index (χ4n) is 1.54. The Labute approximate surface area is 111 Å². The summed E-state index contributed by atoms with van der Waals surface area (Å²) < 4.78 is 0. The minimum absolute atomic E-state index is 0.207. The second-order valence-corrected chi connectivity index (χ2v) is 4.44. The molecule has 1 rings (SSSR count). The Morgan fingerprint density at radius 1 is 1.33 bits per heavy atom. The van der Waals surface area contributed by atoms with E-state index in [2.05, 4.69) is 10.6 Å². The van der Waals surface area contributed by atoms with E-state index in [4.69, 9.17) is 11.6 Å². The van der Waals surface area contributed by atoms with E-state index in [0.29, 0.717) is 11.6 Å². The number of quaternary nitrogens is 1. The quantitative estimate of drug-likeness (QED) is 0.710. The lowest BCUT2D eigenvalue weighted by molar-refractivity contribution is -0.885. The van der Waals surface area contributed by atoms with Gasteiger partial charge in [0.2, 0.25) is 0 Å². The van der Waals surface area contributed by atoms with Gasteiger partial charge >= 0.3 is 6.03 Å². The molecule has 0 saturated carbocycles. The van der Waals surface area contributed by atoms with Crippen LogP contribution in [0.4, 0.5) is 4.79 Å². The molecule has 0 bridgehead atoms. The largest absolute Gasteiger partial charge is 0.341 e. The van der Waals surface area contributed by atoms with Gasteiger partial charge in [0.05, 0.1) is 7.05 Å². The third kappa shape index (κ3) is 4.73. The molecule has 18 heavy (non-hydrogen) atoms. The molecule has 0 aromatic heterocycles. The summed E-state index contributed by atoms with van der Waals surface area (Å²) in [5.41, 5.74) is 0.976. The number of rotatable bonds is 4. The Hall–Kier alpha value is -1.59. The van der Waals surface area contributed by atoms with Crippen LogP contribution >= 0.6 is 11.6 Å². The molecule has 98 valence electrons. The molecule has 0 aliphatic heterocycles. The van der Waals surface area contributed by atoms with Crippen molar-refractivity contribution in [1.29, 1.82) is 0 Å². The molecule has 0 heterocycles. The number of carbonyl (C=O) groups excluding carboxylic acids is 2. The first-order chi connectivity index (χ1) is 8.52. The van der Waals surface area contributed by atoms with Gasteiger partial charge in [-0.1, -0.05) is 29.8 Å². The van der Waals surface area contributed by atoms with Crippen LogP contribution in [0, 0.1) is 0 Å². The van der Waals surface area contributed by atoms with Gasteiger partial charge in [0, 0.05) is 17.6 Å². The number of imide groups is 1. The van der Waals surface area contributed by atoms with Gasteiger partial charge in [0.1, 0.15) is 6.54 Å². The summed E-state index contributed by atoms with van der Waals surface area (Å²) in [5, 5.41) is 5.23. The fraction of sp³-hybridized carbons (Fsp3) is 0.333. The van der Waals surface area contributed by atoms with E-state index in [1.165, 1.54) is 7.05 Å². The van der Waals surface area contributed by atoms with E-state index in [-0.39, 0.29) is 12.5 Å². The standard InChI is InChI=1S/C12H16ClN3O2/c1-14-12(18)15-11(17)8-16(2)7-9-5-3-4-6-10(9)13/h3-6H,7-8H2,1-2H3,(H2,14,15,17,18)/p+1. The normalized spacial score (nSPS) is 11.7. The Morgan fingerprint density at radius 2 is 2.00 bits per heavy atom. The van der Waals surface area contributed by atoms with E-state index in [1.807, 2.05) is 31.3 Å². The first kappa shape index (κ1) is 14.5. The number of hydrogen-bond acceptors (Lipinski definition) is 2. The van der Waals surface area contributed by atoms with Crippen molar-refractivity contribution in [1.82, 2.24) is 10.6 Å². The highest BCUT2D eigenvalue weighted by Gasteiger charge is 2.13. The lowest BCUT2D eigenvalue weighted by atomic mass is 10.2. The maximum atomic E-state index is 11.5. The van der Waals surface area contributed by atoms with Crippen molar-refractivity contribution >= 4 is 23.5 Å². The van der Waals surface area contributed by atoms with Crippen LogP contribution < -0.4 is 15.5 Å². The summed E-state index contributed by atoms with van der Waals surface area (Å²) in [5.74, 6) is -0.320. The molecule has 3 amide bonds.